The van der Waals surface area contributed by atoms with Crippen LogP contribution in [0, 0.1) is 17.2 Å². The maximum atomic E-state index is 8.83. The van der Waals surface area contributed by atoms with E-state index in [2.05, 4.69) is 48.4 Å². The minimum absolute atomic E-state index is 0.408. The van der Waals surface area contributed by atoms with E-state index in [0.717, 1.165) is 43.7 Å². The molecule has 1 atom stereocenters. The van der Waals surface area contributed by atoms with Crippen LogP contribution in [-0.4, -0.2) is 18.5 Å². The Morgan fingerprint density at radius 3 is 3.13 bits per heavy atom. The van der Waals surface area contributed by atoms with Gasteiger partial charge in [0.25, 0.3) is 0 Å². The molecule has 1 aromatic heterocycles. The van der Waals surface area contributed by atoms with Crippen molar-refractivity contribution < 1.29 is 4.42 Å². The summed E-state index contributed by atoms with van der Waals surface area (Å²) in [4.78, 5) is 2.28. The number of nitriles is 1. The molecule has 1 unspecified atom stereocenters. The zero-order chi connectivity index (χ0) is 16.1. The lowest BCUT2D eigenvalue weighted by atomic mass is 9.97. The van der Waals surface area contributed by atoms with Gasteiger partial charge in [-0.25, -0.2) is 0 Å². The van der Waals surface area contributed by atoms with E-state index in [-0.39, 0.29) is 0 Å². The quantitative estimate of drug-likeness (QED) is 0.763. The fourth-order valence-corrected chi connectivity index (χ4v) is 3.01. The lowest BCUT2D eigenvalue weighted by Crippen LogP contribution is -2.18. The third-order valence-corrected chi connectivity index (χ3v) is 4.32. The van der Waals surface area contributed by atoms with Crippen molar-refractivity contribution in [2.75, 3.05) is 13.6 Å². The van der Waals surface area contributed by atoms with Crippen molar-refractivity contribution in [3.63, 3.8) is 0 Å². The van der Waals surface area contributed by atoms with Crippen molar-refractivity contribution in [1.29, 1.82) is 5.26 Å². The Kier molecular flexibility index (Phi) is 4.95. The molecule has 0 fully saturated rings. The van der Waals surface area contributed by atoms with Crippen LogP contribution in [0.4, 0.5) is 0 Å². The summed E-state index contributed by atoms with van der Waals surface area (Å²) in [5, 5.41) is 8.83. The second kappa shape index (κ2) is 7.30. The Balaban J connectivity index is 1.50. The second-order valence-corrected chi connectivity index (χ2v) is 6.19. The molecule has 0 aromatic carbocycles. The van der Waals surface area contributed by atoms with E-state index in [1.54, 1.807) is 0 Å². The van der Waals surface area contributed by atoms with Crippen molar-refractivity contribution in [1.82, 2.24) is 4.90 Å². The highest BCUT2D eigenvalue weighted by Gasteiger charge is 2.14. The molecule has 2 aliphatic rings. The number of hydrogen-bond donors (Lipinski definition) is 0. The maximum Gasteiger partial charge on any atom is 0.111 e. The van der Waals surface area contributed by atoms with Crippen molar-refractivity contribution in [2.45, 2.75) is 25.8 Å². The number of likely N-dealkylation sites (N-methyl/N-ethyl adjacent to an activating group) is 1. The van der Waals surface area contributed by atoms with Gasteiger partial charge in [-0.3, -0.25) is 4.90 Å². The number of aryl methyl sites for hydroxylation is 1. The molecular formula is C20H22N2O. The van der Waals surface area contributed by atoms with Crippen LogP contribution >= 0.6 is 0 Å². The predicted octanol–water partition coefficient (Wildman–Crippen LogP) is 4.25. The lowest BCUT2D eigenvalue weighted by molar-refractivity contribution is 0.360. The van der Waals surface area contributed by atoms with Gasteiger partial charge in [0, 0.05) is 36.2 Å². The normalized spacial score (nSPS) is 19.9. The molecule has 118 valence electrons. The van der Waals surface area contributed by atoms with Gasteiger partial charge in [-0.1, -0.05) is 36.5 Å². The zero-order valence-electron chi connectivity index (χ0n) is 13.5. The van der Waals surface area contributed by atoms with Crippen LogP contribution in [0.2, 0.25) is 0 Å². The highest BCUT2D eigenvalue weighted by Crippen LogP contribution is 2.25. The number of hydrogen-bond acceptors (Lipinski definition) is 3. The molecule has 0 aliphatic heterocycles. The van der Waals surface area contributed by atoms with Crippen molar-refractivity contribution in [3.05, 3.63) is 65.2 Å². The molecule has 3 nitrogen and oxygen atoms in total. The van der Waals surface area contributed by atoms with E-state index in [1.807, 2.05) is 18.4 Å². The van der Waals surface area contributed by atoms with Gasteiger partial charge >= 0.3 is 0 Å². The molecule has 3 heteroatoms. The Hall–Kier alpha value is -2.31. The summed E-state index contributed by atoms with van der Waals surface area (Å²) >= 11 is 0. The molecule has 0 saturated carbocycles. The maximum absolute atomic E-state index is 8.83. The Labute approximate surface area is 137 Å². The van der Waals surface area contributed by atoms with Gasteiger partial charge < -0.3 is 4.42 Å². The fraction of sp³-hybridized carbons (Fsp3) is 0.350. The lowest BCUT2D eigenvalue weighted by Gasteiger charge is -2.15. The number of nitrogens with zero attached hydrogens (tertiary/aromatic N) is 2. The zero-order valence-corrected chi connectivity index (χ0v) is 13.5. The molecule has 2 aliphatic carbocycles. The fourth-order valence-electron chi connectivity index (χ4n) is 3.01. The van der Waals surface area contributed by atoms with Crippen molar-refractivity contribution in [3.8, 4) is 6.07 Å². The summed E-state index contributed by atoms with van der Waals surface area (Å²) < 4.78 is 5.67. The summed E-state index contributed by atoms with van der Waals surface area (Å²) in [5.74, 6) is 1.53. The van der Waals surface area contributed by atoms with Gasteiger partial charge in [0.2, 0.25) is 0 Å². The van der Waals surface area contributed by atoms with Crippen molar-refractivity contribution >= 4 is 6.08 Å². The van der Waals surface area contributed by atoms with Gasteiger partial charge in [0.05, 0.1) is 12.3 Å². The first kappa shape index (κ1) is 15.6. The van der Waals surface area contributed by atoms with Crippen LogP contribution in [0.3, 0.4) is 0 Å². The SMILES string of the molecule is CN(C/C=C/C1C=CC(C#N)=CC1)Cc1coc2c1C=CCC2. The van der Waals surface area contributed by atoms with Crippen LogP contribution in [0.5, 0.6) is 0 Å². The predicted molar refractivity (Wildman–Crippen MR) is 92.5 cm³/mol. The first-order valence-corrected chi connectivity index (χ1v) is 8.15. The summed E-state index contributed by atoms with van der Waals surface area (Å²) in [6.45, 7) is 1.80. The first-order chi connectivity index (χ1) is 11.3. The van der Waals surface area contributed by atoms with Crippen LogP contribution < -0.4 is 0 Å². The molecule has 0 radical (unpaired) electrons. The molecular weight excluding hydrogens is 284 g/mol. The first-order valence-electron chi connectivity index (χ1n) is 8.15. The number of fused-ring (bicyclic) bond motifs is 1. The third-order valence-electron chi connectivity index (χ3n) is 4.32. The summed E-state index contributed by atoms with van der Waals surface area (Å²) in [6, 6.07) is 2.18. The average molecular weight is 306 g/mol. The van der Waals surface area contributed by atoms with Gasteiger partial charge in [-0.2, -0.15) is 5.26 Å². The smallest absolute Gasteiger partial charge is 0.111 e. The summed E-state index contributed by atoms with van der Waals surface area (Å²) in [5.41, 5.74) is 3.31. The highest BCUT2D eigenvalue weighted by molar-refractivity contribution is 5.57. The van der Waals surface area contributed by atoms with Crippen LogP contribution in [0.15, 0.2) is 52.7 Å². The molecule has 0 N–H and O–H groups in total. The summed E-state index contributed by atoms with van der Waals surface area (Å²) in [7, 11) is 2.13. The van der Waals surface area contributed by atoms with E-state index >= 15 is 0 Å². The van der Waals surface area contributed by atoms with E-state index in [1.165, 1.54) is 11.1 Å². The van der Waals surface area contributed by atoms with Crippen LogP contribution in [0.25, 0.3) is 6.08 Å². The van der Waals surface area contributed by atoms with Gasteiger partial charge in [-0.15, -0.1) is 0 Å². The van der Waals surface area contributed by atoms with Gasteiger partial charge in [-0.05, 0) is 31.9 Å². The summed E-state index contributed by atoms with van der Waals surface area (Å²) in [6.07, 6.45) is 19.8. The third kappa shape index (κ3) is 3.91. The molecule has 3 rings (SSSR count). The Morgan fingerprint density at radius 2 is 2.35 bits per heavy atom. The number of rotatable bonds is 5. The highest BCUT2D eigenvalue weighted by atomic mass is 16.3. The molecule has 0 bridgehead atoms. The van der Waals surface area contributed by atoms with E-state index in [4.69, 9.17) is 9.68 Å². The minimum atomic E-state index is 0.408. The average Bonchev–Trinajstić information content (AvgIpc) is 2.99. The molecule has 0 spiro atoms. The largest absolute Gasteiger partial charge is 0.468 e. The second-order valence-electron chi connectivity index (χ2n) is 6.19. The molecule has 0 saturated heterocycles. The Morgan fingerprint density at radius 1 is 1.43 bits per heavy atom. The molecule has 1 aromatic rings. The van der Waals surface area contributed by atoms with Crippen LogP contribution in [-0.2, 0) is 13.0 Å². The van der Waals surface area contributed by atoms with Gasteiger partial charge in [0.1, 0.15) is 5.76 Å². The van der Waals surface area contributed by atoms with E-state index < -0.39 is 0 Å². The standard InChI is InChI=1S/C20H22N2O/c1-22(12-4-5-16-8-10-17(13-21)11-9-16)14-18-15-23-20-7-3-2-6-19(18)20/h2,4-6,8,10-11,15-16H,3,7,9,12,14H2,1H3/b5-4+. The van der Waals surface area contributed by atoms with Crippen molar-refractivity contribution in [2.24, 2.45) is 5.92 Å². The Bertz CT molecular complexity index is 712. The van der Waals surface area contributed by atoms with E-state index in [9.17, 15) is 0 Å². The molecule has 1 heterocycles. The number of furan rings is 1. The molecule has 0 amide bonds. The monoisotopic (exact) mass is 306 g/mol. The molecule has 23 heavy (non-hydrogen) atoms. The minimum Gasteiger partial charge on any atom is -0.468 e. The van der Waals surface area contributed by atoms with Gasteiger partial charge in [0.15, 0.2) is 0 Å². The topological polar surface area (TPSA) is 40.2 Å². The van der Waals surface area contributed by atoms with E-state index in [0.29, 0.717) is 5.92 Å². The number of allylic oxidation sites excluding steroid dienone is 6. The van der Waals surface area contributed by atoms with Crippen LogP contribution in [0.1, 0.15) is 29.7 Å².